The number of thiocarbonyl (C=S) groups is 1. The van der Waals surface area contributed by atoms with E-state index in [0.717, 1.165) is 17.8 Å². The minimum Gasteiger partial charge on any atom is -0.332 e. The topological polar surface area (TPSA) is 58.9 Å². The predicted octanol–water partition coefficient (Wildman–Crippen LogP) is 3.59. The van der Waals surface area contributed by atoms with Gasteiger partial charge in [0.15, 0.2) is 10.8 Å². The van der Waals surface area contributed by atoms with Gasteiger partial charge in [-0.25, -0.2) is 0 Å². The van der Waals surface area contributed by atoms with Crippen LogP contribution in [-0.2, 0) is 13.5 Å². The number of hydrogen-bond acceptors (Lipinski definition) is 3. The molecule has 0 saturated heterocycles. The second-order valence-electron chi connectivity index (χ2n) is 5.86. The third-order valence-corrected chi connectivity index (χ3v) is 4.06. The second kappa shape index (κ2) is 8.59. The highest BCUT2D eigenvalue weighted by molar-refractivity contribution is 7.80. The maximum Gasteiger partial charge on any atom is 0.277 e. The molecule has 0 unspecified atom stereocenters. The number of carbonyl (C=O) groups is 1. The van der Waals surface area contributed by atoms with Gasteiger partial charge in [0.2, 0.25) is 0 Å². The fraction of sp³-hybridized carbons (Fsp3) is 0.389. The molecule has 6 heteroatoms. The Hall–Kier alpha value is -2.21. The number of hydrogen-bond donors (Lipinski definition) is 2. The van der Waals surface area contributed by atoms with Crippen LogP contribution in [-0.4, -0.2) is 20.8 Å². The van der Waals surface area contributed by atoms with Crippen molar-refractivity contribution in [2.24, 2.45) is 7.05 Å². The van der Waals surface area contributed by atoms with E-state index in [1.54, 1.807) is 17.8 Å². The van der Waals surface area contributed by atoms with Crippen LogP contribution in [0.1, 0.15) is 47.9 Å². The number of anilines is 1. The predicted molar refractivity (Wildman–Crippen MR) is 101 cm³/mol. The summed E-state index contributed by atoms with van der Waals surface area (Å²) in [5, 5.41) is 10.1. The SMILES string of the molecule is CCCCCc1ccc(NC(=S)NC(=O)c2cc(C)n(C)n2)cc1. The van der Waals surface area contributed by atoms with Crippen molar-refractivity contribution in [3.8, 4) is 0 Å². The Kier molecular flexibility index (Phi) is 6.49. The highest BCUT2D eigenvalue weighted by Crippen LogP contribution is 2.12. The van der Waals surface area contributed by atoms with Crippen molar-refractivity contribution < 1.29 is 4.79 Å². The van der Waals surface area contributed by atoms with Gasteiger partial charge in [-0.3, -0.25) is 14.8 Å². The van der Waals surface area contributed by atoms with Gasteiger partial charge in [-0.15, -0.1) is 0 Å². The van der Waals surface area contributed by atoms with Crippen molar-refractivity contribution in [3.05, 3.63) is 47.3 Å². The lowest BCUT2D eigenvalue weighted by atomic mass is 10.1. The molecule has 0 aliphatic carbocycles. The van der Waals surface area contributed by atoms with Crippen molar-refractivity contribution in [1.29, 1.82) is 0 Å². The zero-order chi connectivity index (χ0) is 17.5. The number of benzene rings is 1. The van der Waals surface area contributed by atoms with E-state index in [1.165, 1.54) is 24.8 Å². The zero-order valence-electron chi connectivity index (χ0n) is 14.4. The smallest absolute Gasteiger partial charge is 0.277 e. The molecule has 0 fully saturated rings. The van der Waals surface area contributed by atoms with E-state index in [2.05, 4.69) is 34.8 Å². The Morgan fingerprint density at radius 2 is 1.96 bits per heavy atom. The van der Waals surface area contributed by atoms with Gasteiger partial charge in [-0.2, -0.15) is 5.10 Å². The third-order valence-electron chi connectivity index (χ3n) is 3.85. The van der Waals surface area contributed by atoms with Gasteiger partial charge in [0.05, 0.1) is 0 Å². The summed E-state index contributed by atoms with van der Waals surface area (Å²) in [7, 11) is 1.80. The van der Waals surface area contributed by atoms with Crippen molar-refractivity contribution in [2.45, 2.75) is 39.5 Å². The van der Waals surface area contributed by atoms with E-state index in [4.69, 9.17) is 12.2 Å². The van der Waals surface area contributed by atoms with Crippen LogP contribution in [0.15, 0.2) is 30.3 Å². The van der Waals surface area contributed by atoms with Gasteiger partial charge in [0.25, 0.3) is 5.91 Å². The number of aryl methyl sites for hydroxylation is 3. The molecule has 0 saturated carbocycles. The van der Waals surface area contributed by atoms with E-state index in [0.29, 0.717) is 5.69 Å². The first kappa shape index (κ1) is 18.1. The van der Waals surface area contributed by atoms with Gasteiger partial charge in [0, 0.05) is 18.4 Å². The van der Waals surface area contributed by atoms with E-state index in [9.17, 15) is 4.79 Å². The van der Waals surface area contributed by atoms with Crippen LogP contribution in [0.2, 0.25) is 0 Å². The fourth-order valence-electron chi connectivity index (χ4n) is 2.33. The largest absolute Gasteiger partial charge is 0.332 e. The minimum atomic E-state index is -0.313. The van der Waals surface area contributed by atoms with Crippen LogP contribution >= 0.6 is 12.2 Å². The van der Waals surface area contributed by atoms with E-state index < -0.39 is 0 Å². The fourth-order valence-corrected chi connectivity index (χ4v) is 2.55. The number of unbranched alkanes of at least 4 members (excludes halogenated alkanes) is 2. The van der Waals surface area contributed by atoms with Crippen molar-refractivity contribution in [3.63, 3.8) is 0 Å². The van der Waals surface area contributed by atoms with E-state index in [-0.39, 0.29) is 11.0 Å². The average molecular weight is 344 g/mol. The molecule has 2 aromatic rings. The number of carbonyl (C=O) groups excluding carboxylic acids is 1. The van der Waals surface area contributed by atoms with E-state index in [1.807, 2.05) is 19.1 Å². The Morgan fingerprint density at radius 1 is 1.25 bits per heavy atom. The van der Waals surface area contributed by atoms with Crippen LogP contribution in [0.5, 0.6) is 0 Å². The molecule has 2 rings (SSSR count). The normalized spacial score (nSPS) is 10.5. The molecule has 0 aliphatic heterocycles. The molecule has 0 spiro atoms. The summed E-state index contributed by atoms with van der Waals surface area (Å²) in [5.74, 6) is -0.313. The molecule has 1 aromatic carbocycles. The standard InChI is InChI=1S/C18H24N4OS/c1-4-5-6-7-14-8-10-15(11-9-14)19-18(24)20-17(23)16-12-13(2)22(3)21-16/h8-12H,4-7H2,1-3H3,(H2,19,20,23,24). The Labute approximate surface area is 148 Å². The molecule has 5 nitrogen and oxygen atoms in total. The monoisotopic (exact) mass is 344 g/mol. The van der Waals surface area contributed by atoms with Crippen LogP contribution < -0.4 is 10.6 Å². The first-order valence-electron chi connectivity index (χ1n) is 8.21. The average Bonchev–Trinajstić information content (AvgIpc) is 2.89. The van der Waals surface area contributed by atoms with Crippen LogP contribution in [0.25, 0.3) is 0 Å². The van der Waals surface area contributed by atoms with Crippen LogP contribution in [0.4, 0.5) is 5.69 Å². The summed E-state index contributed by atoms with van der Waals surface area (Å²) in [6.07, 6.45) is 4.78. The van der Waals surface area contributed by atoms with Gasteiger partial charge >= 0.3 is 0 Å². The summed E-state index contributed by atoms with van der Waals surface area (Å²) in [4.78, 5) is 12.1. The summed E-state index contributed by atoms with van der Waals surface area (Å²) in [6, 6.07) is 9.85. The van der Waals surface area contributed by atoms with Crippen molar-refractivity contribution in [2.75, 3.05) is 5.32 Å². The molecule has 1 amide bonds. The Balaban J connectivity index is 1.86. The lowest BCUT2D eigenvalue weighted by molar-refractivity contribution is 0.0972. The molecular formula is C18H24N4OS. The molecule has 1 aromatic heterocycles. The Morgan fingerprint density at radius 3 is 2.54 bits per heavy atom. The van der Waals surface area contributed by atoms with Crippen molar-refractivity contribution >= 4 is 28.9 Å². The quantitative estimate of drug-likeness (QED) is 0.621. The third kappa shape index (κ3) is 5.16. The van der Waals surface area contributed by atoms with Crippen LogP contribution in [0, 0.1) is 6.92 Å². The van der Waals surface area contributed by atoms with Gasteiger partial charge in [0.1, 0.15) is 0 Å². The maximum atomic E-state index is 12.1. The lowest BCUT2D eigenvalue weighted by Gasteiger charge is -2.09. The number of amides is 1. The summed E-state index contributed by atoms with van der Waals surface area (Å²) in [5.41, 5.74) is 3.44. The molecular weight excluding hydrogens is 320 g/mol. The summed E-state index contributed by atoms with van der Waals surface area (Å²) >= 11 is 5.19. The first-order chi connectivity index (χ1) is 11.5. The van der Waals surface area contributed by atoms with Gasteiger partial charge in [-0.1, -0.05) is 31.9 Å². The maximum absolute atomic E-state index is 12.1. The molecule has 0 atom stereocenters. The Bertz CT molecular complexity index is 687. The second-order valence-corrected chi connectivity index (χ2v) is 6.27. The van der Waals surface area contributed by atoms with Gasteiger partial charge in [-0.05, 0) is 55.7 Å². The molecule has 24 heavy (non-hydrogen) atoms. The molecule has 1 heterocycles. The number of nitrogens with one attached hydrogen (secondary N) is 2. The molecule has 0 aliphatic rings. The highest BCUT2D eigenvalue weighted by Gasteiger charge is 2.12. The number of nitrogens with zero attached hydrogens (tertiary/aromatic N) is 2. The molecule has 2 N–H and O–H groups in total. The first-order valence-corrected chi connectivity index (χ1v) is 8.62. The molecule has 0 radical (unpaired) electrons. The number of rotatable bonds is 6. The van der Waals surface area contributed by atoms with E-state index >= 15 is 0 Å². The molecule has 0 bridgehead atoms. The lowest BCUT2D eigenvalue weighted by Crippen LogP contribution is -2.34. The van der Waals surface area contributed by atoms with Crippen LogP contribution in [0.3, 0.4) is 0 Å². The number of aromatic nitrogens is 2. The van der Waals surface area contributed by atoms with Crippen molar-refractivity contribution in [1.82, 2.24) is 15.1 Å². The highest BCUT2D eigenvalue weighted by atomic mass is 32.1. The minimum absolute atomic E-state index is 0.266. The summed E-state index contributed by atoms with van der Waals surface area (Å²) < 4.78 is 1.66. The molecule has 128 valence electrons. The summed E-state index contributed by atoms with van der Waals surface area (Å²) in [6.45, 7) is 4.09. The zero-order valence-corrected chi connectivity index (χ0v) is 15.2. The van der Waals surface area contributed by atoms with Gasteiger partial charge < -0.3 is 5.32 Å².